The minimum absolute atomic E-state index is 0.142. The first-order valence-electron chi connectivity index (χ1n) is 13.0. The van der Waals surface area contributed by atoms with Crippen LogP contribution in [0.1, 0.15) is 51.7 Å². The van der Waals surface area contributed by atoms with Crippen LogP contribution in [0.5, 0.6) is 11.5 Å². The van der Waals surface area contributed by atoms with Gasteiger partial charge in [0, 0.05) is 16.8 Å². The van der Waals surface area contributed by atoms with Crippen molar-refractivity contribution in [3.63, 3.8) is 0 Å². The van der Waals surface area contributed by atoms with Crippen molar-refractivity contribution in [2.24, 2.45) is 4.99 Å². The maximum absolute atomic E-state index is 13.4. The second-order valence-electron chi connectivity index (χ2n) is 9.27. The maximum atomic E-state index is 13.4. The van der Waals surface area contributed by atoms with E-state index < -0.39 is 0 Å². The number of halogens is 3. The highest BCUT2D eigenvalue weighted by molar-refractivity contribution is 7.16. The Morgan fingerprint density at radius 2 is 1.77 bits per heavy atom. The zero-order valence-corrected chi connectivity index (χ0v) is 24.9. The molecule has 0 aliphatic heterocycles. The molecule has 9 heteroatoms. The number of aliphatic imine (C=N–C) groups is 1. The van der Waals surface area contributed by atoms with Crippen molar-refractivity contribution >= 4 is 68.9 Å². The molecule has 0 bridgehead atoms. The molecule has 1 aromatic heterocycles. The van der Waals surface area contributed by atoms with Gasteiger partial charge in [0.05, 0.1) is 27.2 Å². The van der Waals surface area contributed by atoms with Crippen molar-refractivity contribution < 1.29 is 14.3 Å². The highest BCUT2D eigenvalue weighted by atomic mass is 35.5. The van der Waals surface area contributed by atoms with Gasteiger partial charge in [-0.05, 0) is 85.7 Å². The minimum Gasteiger partial charge on any atom is -0.490 e. The van der Waals surface area contributed by atoms with E-state index >= 15 is 0 Å². The number of nitrogens with one attached hydrogen (secondary N) is 1. The number of amides is 1. The van der Waals surface area contributed by atoms with Crippen molar-refractivity contribution in [3.05, 3.63) is 103 Å². The fraction of sp³-hybridized carbons (Fsp3) is 0.226. The largest absolute Gasteiger partial charge is 0.490 e. The number of nitrogens with zero attached hydrogens (tertiary/aromatic N) is 1. The van der Waals surface area contributed by atoms with Gasteiger partial charge in [-0.2, -0.15) is 0 Å². The van der Waals surface area contributed by atoms with Crippen LogP contribution in [0.4, 0.5) is 10.7 Å². The number of carbonyl (C=O) groups excluding carboxylic acids is 1. The molecular formula is C31H27Cl3N2O3S. The second kappa shape index (κ2) is 13.1. The van der Waals surface area contributed by atoms with Gasteiger partial charge in [-0.25, -0.2) is 4.99 Å². The molecule has 206 valence electrons. The first kappa shape index (κ1) is 28.5. The Hall–Kier alpha value is -3.03. The van der Waals surface area contributed by atoms with E-state index in [0.717, 1.165) is 48.1 Å². The number of thiophene rings is 1. The summed E-state index contributed by atoms with van der Waals surface area (Å²) < 4.78 is 11.9. The Kier molecular flexibility index (Phi) is 9.33. The van der Waals surface area contributed by atoms with Crippen molar-refractivity contribution in [2.45, 2.75) is 39.2 Å². The van der Waals surface area contributed by atoms with Crippen LogP contribution in [0, 0.1) is 0 Å². The first-order valence-corrected chi connectivity index (χ1v) is 15.0. The van der Waals surface area contributed by atoms with Crippen LogP contribution in [0.25, 0.3) is 0 Å². The number of anilines is 1. The third-order valence-electron chi connectivity index (χ3n) is 6.44. The predicted molar refractivity (Wildman–Crippen MR) is 166 cm³/mol. The van der Waals surface area contributed by atoms with Crippen molar-refractivity contribution in [3.8, 4) is 11.5 Å². The molecule has 4 aromatic rings. The summed E-state index contributed by atoms with van der Waals surface area (Å²) in [6.45, 7) is 2.57. The van der Waals surface area contributed by atoms with Crippen LogP contribution in [-0.2, 0) is 19.4 Å². The Balaban J connectivity index is 1.42. The Bertz CT molecular complexity index is 1550. The third kappa shape index (κ3) is 6.64. The Labute approximate surface area is 252 Å². The number of para-hydroxylation sites is 1. The molecule has 1 N–H and O–H groups in total. The molecule has 0 unspecified atom stereocenters. The molecule has 0 radical (unpaired) electrons. The van der Waals surface area contributed by atoms with Gasteiger partial charge in [0.15, 0.2) is 11.5 Å². The van der Waals surface area contributed by atoms with Gasteiger partial charge in [0.25, 0.3) is 5.91 Å². The number of ether oxygens (including phenoxy) is 2. The summed E-state index contributed by atoms with van der Waals surface area (Å²) in [5.41, 5.74) is 4.09. The molecule has 1 aliphatic carbocycles. The average Bonchev–Trinajstić information content (AvgIpc) is 3.32. The molecule has 0 fully saturated rings. The summed E-state index contributed by atoms with van der Waals surface area (Å²) in [6, 6.07) is 18.4. The van der Waals surface area contributed by atoms with Gasteiger partial charge < -0.3 is 14.8 Å². The van der Waals surface area contributed by atoms with Gasteiger partial charge in [-0.1, -0.05) is 59.1 Å². The number of fused-ring (bicyclic) bond motifs is 1. The van der Waals surface area contributed by atoms with Gasteiger partial charge in [0.2, 0.25) is 0 Å². The summed E-state index contributed by atoms with van der Waals surface area (Å²) in [5, 5.41) is 5.05. The molecule has 1 aliphatic rings. The van der Waals surface area contributed by atoms with E-state index in [1.165, 1.54) is 4.88 Å². The summed E-state index contributed by atoms with van der Waals surface area (Å²) in [4.78, 5) is 19.4. The number of hydrogen-bond donors (Lipinski definition) is 1. The Morgan fingerprint density at radius 3 is 2.55 bits per heavy atom. The number of rotatable bonds is 9. The zero-order chi connectivity index (χ0) is 28.1. The molecule has 5 rings (SSSR count). The van der Waals surface area contributed by atoms with E-state index in [9.17, 15) is 4.79 Å². The van der Waals surface area contributed by atoms with E-state index in [1.807, 2.05) is 49.4 Å². The minimum atomic E-state index is -0.142. The van der Waals surface area contributed by atoms with E-state index in [-0.39, 0.29) is 12.5 Å². The lowest BCUT2D eigenvalue weighted by atomic mass is 9.95. The summed E-state index contributed by atoms with van der Waals surface area (Å²) >= 11 is 20.4. The number of carbonyl (C=O) groups is 1. The van der Waals surface area contributed by atoms with Crippen LogP contribution >= 0.6 is 46.1 Å². The molecule has 0 spiro atoms. The zero-order valence-electron chi connectivity index (χ0n) is 21.8. The van der Waals surface area contributed by atoms with Crippen LogP contribution < -0.4 is 14.8 Å². The average molecular weight is 614 g/mol. The van der Waals surface area contributed by atoms with Crippen molar-refractivity contribution in [1.82, 2.24) is 0 Å². The molecule has 40 heavy (non-hydrogen) atoms. The SMILES string of the molecule is CCOc1cc(C=Nc2sc3c(c2C(=O)Nc2ccccc2)CCCC3)cc(Cl)c1OCc1ccc(Cl)c(Cl)c1. The van der Waals surface area contributed by atoms with E-state index in [0.29, 0.717) is 43.7 Å². The topological polar surface area (TPSA) is 59.9 Å². The van der Waals surface area contributed by atoms with Crippen LogP contribution in [0.2, 0.25) is 15.1 Å². The highest BCUT2D eigenvalue weighted by Crippen LogP contribution is 2.41. The Morgan fingerprint density at radius 1 is 0.975 bits per heavy atom. The molecule has 0 atom stereocenters. The van der Waals surface area contributed by atoms with Gasteiger partial charge in [0.1, 0.15) is 11.6 Å². The molecule has 5 nitrogen and oxygen atoms in total. The molecule has 1 heterocycles. The maximum Gasteiger partial charge on any atom is 0.259 e. The summed E-state index contributed by atoms with van der Waals surface area (Å²) in [6.07, 6.45) is 5.74. The van der Waals surface area contributed by atoms with Crippen LogP contribution in [0.15, 0.2) is 65.7 Å². The summed E-state index contributed by atoms with van der Waals surface area (Å²) in [7, 11) is 0. The standard InChI is InChI=1S/C31H27Cl3N2O3S/c1-2-38-26-16-20(15-25(34)29(26)39-18-19-12-13-23(32)24(33)14-19)17-35-31-28(22-10-6-7-11-27(22)40-31)30(37)36-21-8-4-3-5-9-21/h3-5,8-9,12-17H,2,6-7,10-11,18H2,1H3,(H,36,37). The number of hydrogen-bond acceptors (Lipinski definition) is 5. The lowest BCUT2D eigenvalue weighted by Crippen LogP contribution is -2.14. The van der Waals surface area contributed by atoms with Gasteiger partial charge >= 0.3 is 0 Å². The smallest absolute Gasteiger partial charge is 0.259 e. The van der Waals surface area contributed by atoms with E-state index in [2.05, 4.69) is 5.32 Å². The third-order valence-corrected chi connectivity index (χ3v) is 8.66. The van der Waals surface area contributed by atoms with Crippen molar-refractivity contribution in [2.75, 3.05) is 11.9 Å². The van der Waals surface area contributed by atoms with Crippen LogP contribution in [0.3, 0.4) is 0 Å². The van der Waals surface area contributed by atoms with E-state index in [4.69, 9.17) is 49.3 Å². The lowest BCUT2D eigenvalue weighted by molar-refractivity contribution is 0.102. The monoisotopic (exact) mass is 612 g/mol. The fourth-order valence-electron chi connectivity index (χ4n) is 4.58. The molecular weight excluding hydrogens is 587 g/mol. The van der Waals surface area contributed by atoms with Gasteiger partial charge in [-0.3, -0.25) is 4.79 Å². The number of aryl methyl sites for hydroxylation is 1. The van der Waals surface area contributed by atoms with E-state index in [1.54, 1.807) is 35.8 Å². The molecule has 0 saturated carbocycles. The number of benzene rings is 3. The molecule has 3 aromatic carbocycles. The molecule has 1 amide bonds. The molecule has 0 saturated heterocycles. The summed E-state index contributed by atoms with van der Waals surface area (Å²) in [5.74, 6) is 0.794. The normalized spacial score (nSPS) is 12.8. The highest BCUT2D eigenvalue weighted by Gasteiger charge is 2.25. The van der Waals surface area contributed by atoms with Gasteiger partial charge in [-0.15, -0.1) is 11.3 Å². The lowest BCUT2D eigenvalue weighted by Gasteiger charge is -2.15. The van der Waals surface area contributed by atoms with Crippen molar-refractivity contribution in [1.29, 1.82) is 0 Å². The second-order valence-corrected chi connectivity index (χ2v) is 11.6. The first-order chi connectivity index (χ1) is 19.4. The fourth-order valence-corrected chi connectivity index (χ4v) is 6.40. The van der Waals surface area contributed by atoms with Crippen LogP contribution in [-0.4, -0.2) is 18.7 Å². The predicted octanol–water partition coefficient (Wildman–Crippen LogP) is 9.57. The quantitative estimate of drug-likeness (QED) is 0.191.